The molecular formula is C24H28N4O5. The molecule has 2 N–H and O–H groups in total. The molecule has 0 aromatic heterocycles. The molecule has 1 aromatic carbocycles. The predicted octanol–water partition coefficient (Wildman–Crippen LogP) is 2.88. The van der Waals surface area contributed by atoms with E-state index >= 15 is 0 Å². The first-order valence-electron chi connectivity index (χ1n) is 11.8. The number of nitrogens with zero attached hydrogens (tertiary/aromatic N) is 2. The number of amides is 3. The van der Waals surface area contributed by atoms with Gasteiger partial charge in [0.1, 0.15) is 0 Å². The Bertz CT molecular complexity index is 1000. The van der Waals surface area contributed by atoms with Crippen LogP contribution >= 0.6 is 0 Å². The number of carbonyl (C=O) groups excluding carboxylic acids is 3. The van der Waals surface area contributed by atoms with Gasteiger partial charge in [-0.3, -0.25) is 29.4 Å². The number of anilines is 1. The number of imide groups is 1. The van der Waals surface area contributed by atoms with E-state index in [1.165, 1.54) is 23.1 Å². The van der Waals surface area contributed by atoms with Crippen LogP contribution in [0.3, 0.4) is 0 Å². The summed E-state index contributed by atoms with van der Waals surface area (Å²) in [4.78, 5) is 50.7. The van der Waals surface area contributed by atoms with Crippen molar-refractivity contribution < 1.29 is 19.3 Å². The number of hydrogen-bond donors (Lipinski definition) is 2. The van der Waals surface area contributed by atoms with Crippen molar-refractivity contribution in [2.75, 3.05) is 18.4 Å². The van der Waals surface area contributed by atoms with Crippen molar-refractivity contribution in [1.82, 2.24) is 10.2 Å². The molecule has 3 fully saturated rings. The summed E-state index contributed by atoms with van der Waals surface area (Å²) in [5, 5.41) is 17.4. The molecule has 0 radical (unpaired) electrons. The van der Waals surface area contributed by atoms with Gasteiger partial charge in [0.25, 0.3) is 11.6 Å². The average molecular weight is 453 g/mol. The van der Waals surface area contributed by atoms with Crippen LogP contribution in [0.4, 0.5) is 11.4 Å². The second-order valence-corrected chi connectivity index (χ2v) is 9.55. The maximum absolute atomic E-state index is 12.9. The summed E-state index contributed by atoms with van der Waals surface area (Å²) in [7, 11) is 0. The fourth-order valence-corrected chi connectivity index (χ4v) is 5.98. The average Bonchev–Trinajstić information content (AvgIpc) is 3.49. The Labute approximate surface area is 191 Å². The van der Waals surface area contributed by atoms with Crippen molar-refractivity contribution in [2.45, 2.75) is 44.6 Å². The number of fused-ring (bicyclic) bond motifs is 5. The molecule has 4 aliphatic rings. The van der Waals surface area contributed by atoms with Crippen LogP contribution in [-0.2, 0) is 9.59 Å². The van der Waals surface area contributed by atoms with Gasteiger partial charge in [-0.1, -0.05) is 31.4 Å². The summed E-state index contributed by atoms with van der Waals surface area (Å²) >= 11 is 0. The van der Waals surface area contributed by atoms with Crippen molar-refractivity contribution in [3.05, 3.63) is 46.0 Å². The molecule has 4 atom stereocenters. The third kappa shape index (κ3) is 3.89. The highest BCUT2D eigenvalue weighted by atomic mass is 16.6. The Hall–Kier alpha value is -3.23. The summed E-state index contributed by atoms with van der Waals surface area (Å²) in [5.41, 5.74) is 0.498. The van der Waals surface area contributed by atoms with E-state index in [-0.39, 0.29) is 71.8 Å². The lowest BCUT2D eigenvalue weighted by Crippen LogP contribution is -2.37. The molecule has 174 valence electrons. The second kappa shape index (κ2) is 8.61. The SMILES string of the molecule is O=C(NC1CCCCC1)c1cc([N+](=O)[O-])ccc1NCCN1C(=O)[C@@H]2[C@H](C1=O)[C@H]1C=C[C@H]2C1. The molecule has 0 spiro atoms. The van der Waals surface area contributed by atoms with Crippen molar-refractivity contribution >= 4 is 29.1 Å². The quantitative estimate of drug-likeness (QED) is 0.284. The highest BCUT2D eigenvalue weighted by molar-refractivity contribution is 6.06. The minimum absolute atomic E-state index is 0.0709. The predicted molar refractivity (Wildman–Crippen MR) is 120 cm³/mol. The van der Waals surface area contributed by atoms with Crippen LogP contribution < -0.4 is 10.6 Å². The Morgan fingerprint density at radius 3 is 2.36 bits per heavy atom. The number of nitrogens with one attached hydrogen (secondary N) is 2. The molecule has 3 amide bonds. The zero-order chi connectivity index (χ0) is 23.1. The molecule has 9 nitrogen and oxygen atoms in total. The molecule has 1 saturated heterocycles. The van der Waals surface area contributed by atoms with Gasteiger partial charge < -0.3 is 10.6 Å². The number of likely N-dealkylation sites (tertiary alicyclic amines) is 1. The monoisotopic (exact) mass is 452 g/mol. The molecule has 1 heterocycles. The second-order valence-electron chi connectivity index (χ2n) is 9.55. The van der Waals surface area contributed by atoms with Crippen molar-refractivity contribution in [1.29, 1.82) is 0 Å². The molecule has 5 rings (SSSR count). The highest BCUT2D eigenvalue weighted by Gasteiger charge is 2.58. The Kier molecular flexibility index (Phi) is 5.64. The molecule has 33 heavy (non-hydrogen) atoms. The van der Waals surface area contributed by atoms with Crippen LogP contribution in [0.1, 0.15) is 48.9 Å². The minimum atomic E-state index is -0.524. The number of allylic oxidation sites excluding steroid dienone is 2. The molecular weight excluding hydrogens is 424 g/mol. The van der Waals surface area contributed by atoms with Crippen LogP contribution in [0.2, 0.25) is 0 Å². The van der Waals surface area contributed by atoms with Gasteiger partial charge in [0.05, 0.1) is 22.3 Å². The number of nitro benzene ring substituents is 1. The molecule has 1 aliphatic heterocycles. The molecule has 2 bridgehead atoms. The molecule has 0 unspecified atom stereocenters. The lowest BCUT2D eigenvalue weighted by atomic mass is 9.85. The number of rotatable bonds is 7. The number of benzene rings is 1. The summed E-state index contributed by atoms with van der Waals surface area (Å²) in [6.07, 6.45) is 10.1. The van der Waals surface area contributed by atoms with Gasteiger partial charge >= 0.3 is 0 Å². The first-order valence-corrected chi connectivity index (χ1v) is 11.8. The lowest BCUT2D eigenvalue weighted by molar-refractivity contribution is -0.384. The molecule has 9 heteroatoms. The number of hydrogen-bond acceptors (Lipinski definition) is 6. The Balaban J connectivity index is 1.26. The van der Waals surface area contributed by atoms with E-state index in [1.54, 1.807) is 0 Å². The summed E-state index contributed by atoms with van der Waals surface area (Å²) < 4.78 is 0. The van der Waals surface area contributed by atoms with Gasteiger partial charge in [-0.05, 0) is 37.2 Å². The zero-order valence-electron chi connectivity index (χ0n) is 18.4. The van der Waals surface area contributed by atoms with E-state index in [2.05, 4.69) is 22.8 Å². The third-order valence-electron chi connectivity index (χ3n) is 7.61. The van der Waals surface area contributed by atoms with Gasteiger partial charge in [0.2, 0.25) is 11.8 Å². The minimum Gasteiger partial charge on any atom is -0.383 e. The van der Waals surface area contributed by atoms with Gasteiger partial charge in [-0.25, -0.2) is 0 Å². The van der Waals surface area contributed by atoms with E-state index in [9.17, 15) is 24.5 Å². The van der Waals surface area contributed by atoms with Gasteiger partial charge in [0.15, 0.2) is 0 Å². The van der Waals surface area contributed by atoms with E-state index in [4.69, 9.17) is 0 Å². The lowest BCUT2D eigenvalue weighted by Gasteiger charge is -2.23. The van der Waals surface area contributed by atoms with Gasteiger partial charge in [0, 0.05) is 37.0 Å². The van der Waals surface area contributed by atoms with Crippen LogP contribution in [0.25, 0.3) is 0 Å². The number of non-ortho nitro benzene ring substituents is 1. The smallest absolute Gasteiger partial charge is 0.270 e. The van der Waals surface area contributed by atoms with E-state index in [0.29, 0.717) is 5.69 Å². The maximum Gasteiger partial charge on any atom is 0.270 e. The van der Waals surface area contributed by atoms with Crippen molar-refractivity contribution in [2.24, 2.45) is 23.7 Å². The fraction of sp³-hybridized carbons (Fsp3) is 0.542. The van der Waals surface area contributed by atoms with E-state index in [0.717, 1.165) is 38.5 Å². The van der Waals surface area contributed by atoms with Crippen LogP contribution in [0.15, 0.2) is 30.4 Å². The van der Waals surface area contributed by atoms with Crippen LogP contribution in [0, 0.1) is 33.8 Å². The highest BCUT2D eigenvalue weighted by Crippen LogP contribution is 2.52. The van der Waals surface area contributed by atoms with Crippen molar-refractivity contribution in [3.8, 4) is 0 Å². The Morgan fingerprint density at radius 2 is 1.73 bits per heavy atom. The first-order chi connectivity index (χ1) is 15.9. The van der Waals surface area contributed by atoms with Gasteiger partial charge in [-0.15, -0.1) is 0 Å². The summed E-state index contributed by atoms with van der Waals surface area (Å²) in [5.74, 6) is -0.699. The topological polar surface area (TPSA) is 122 Å². The maximum atomic E-state index is 12.9. The third-order valence-corrected chi connectivity index (χ3v) is 7.61. The molecule has 3 aliphatic carbocycles. The fourth-order valence-electron chi connectivity index (χ4n) is 5.98. The molecule has 2 saturated carbocycles. The molecule has 1 aromatic rings. The standard InChI is InChI=1S/C24H28N4O5/c29-22(26-16-4-2-1-3-5-16)18-13-17(28(32)33)8-9-19(18)25-10-11-27-23(30)20-14-6-7-15(12-14)21(20)24(27)31/h6-9,13-16,20-21,25H,1-5,10-12H2,(H,26,29)/t14-,15-,20-,21+/m0/s1. The van der Waals surface area contributed by atoms with E-state index < -0.39 is 4.92 Å². The summed E-state index contributed by atoms with van der Waals surface area (Å²) in [6.45, 7) is 0.464. The number of nitro groups is 1. The van der Waals surface area contributed by atoms with Gasteiger partial charge in [-0.2, -0.15) is 0 Å². The first kappa shape index (κ1) is 21.6. The normalized spacial score (nSPS) is 28.3. The number of carbonyl (C=O) groups is 3. The summed E-state index contributed by atoms with van der Waals surface area (Å²) in [6, 6.07) is 4.21. The zero-order valence-corrected chi connectivity index (χ0v) is 18.4. The van der Waals surface area contributed by atoms with E-state index in [1.807, 2.05) is 0 Å². The van der Waals surface area contributed by atoms with Crippen LogP contribution in [-0.4, -0.2) is 46.7 Å². The van der Waals surface area contributed by atoms with Crippen molar-refractivity contribution in [3.63, 3.8) is 0 Å². The largest absolute Gasteiger partial charge is 0.383 e. The Morgan fingerprint density at radius 1 is 1.06 bits per heavy atom. The van der Waals surface area contributed by atoms with Crippen LogP contribution in [0.5, 0.6) is 0 Å².